The van der Waals surface area contributed by atoms with Crippen molar-refractivity contribution in [3.63, 3.8) is 0 Å². The van der Waals surface area contributed by atoms with Crippen molar-refractivity contribution in [2.75, 3.05) is 0 Å². The van der Waals surface area contributed by atoms with E-state index in [0.29, 0.717) is 11.3 Å². The van der Waals surface area contributed by atoms with Gasteiger partial charge in [-0.05, 0) is 45.1 Å². The Kier molecular flexibility index (Phi) is 4.07. The molecule has 1 aromatic rings. The highest BCUT2D eigenvalue weighted by Gasteiger charge is 2.28. The Balaban J connectivity index is 2.46. The number of hydrogen-bond donors (Lipinski definition) is 3. The van der Waals surface area contributed by atoms with Crippen molar-refractivity contribution < 1.29 is 18.7 Å². The fourth-order valence-corrected chi connectivity index (χ4v) is 2.10. The van der Waals surface area contributed by atoms with E-state index in [9.17, 15) is 13.6 Å². The van der Waals surface area contributed by atoms with Gasteiger partial charge < -0.3 is 5.11 Å². The van der Waals surface area contributed by atoms with E-state index in [1.165, 1.54) is 18.2 Å². The Morgan fingerprint density at radius 2 is 1.77 bits per heavy atom. The molecule has 3 N–H and O–H groups in total. The predicted octanol–water partition coefficient (Wildman–Crippen LogP) is 3.03. The zero-order valence-electron chi connectivity index (χ0n) is 12.4. The summed E-state index contributed by atoms with van der Waals surface area (Å²) in [5.74, 6) is -1.10. The van der Waals surface area contributed by atoms with Crippen LogP contribution in [0.25, 0.3) is 5.70 Å². The summed E-state index contributed by atoms with van der Waals surface area (Å²) in [6.07, 6.45) is 1.89. The molecule has 0 saturated heterocycles. The van der Waals surface area contributed by atoms with Gasteiger partial charge >= 0.3 is 6.09 Å². The van der Waals surface area contributed by atoms with Crippen LogP contribution in [0.1, 0.15) is 26.3 Å². The number of nitrogens with zero attached hydrogens (tertiary/aromatic N) is 1. The second kappa shape index (κ2) is 5.67. The summed E-state index contributed by atoms with van der Waals surface area (Å²) in [6.45, 7) is 5.65. The third kappa shape index (κ3) is 3.55. The second-order valence-electron chi connectivity index (χ2n) is 5.84. The first-order valence-corrected chi connectivity index (χ1v) is 6.62. The van der Waals surface area contributed by atoms with Crippen LogP contribution in [-0.4, -0.2) is 21.7 Å². The summed E-state index contributed by atoms with van der Waals surface area (Å²) in [4.78, 5) is 10.7. The van der Waals surface area contributed by atoms with Crippen LogP contribution in [0.2, 0.25) is 0 Å². The molecule has 0 fully saturated rings. The number of halogens is 2. The lowest BCUT2D eigenvalue weighted by atomic mass is 10.0. The number of benzene rings is 1. The minimum atomic E-state index is -1.21. The first-order chi connectivity index (χ1) is 10.2. The highest BCUT2D eigenvalue weighted by molar-refractivity contribution is 5.70. The van der Waals surface area contributed by atoms with Gasteiger partial charge in [0.1, 0.15) is 17.5 Å². The Morgan fingerprint density at radius 1 is 1.18 bits per heavy atom. The standard InChI is InChI=1S/C15H17F2N3O2/c1-15(2,3)20-12(4-5-13(19-20)18-14(21)22)9-6-10(16)8-11(17)7-9/h4-8,18-19H,1-3H3,(H,21,22). The fraction of sp³-hybridized carbons (Fsp3) is 0.267. The highest BCUT2D eigenvalue weighted by Crippen LogP contribution is 2.29. The van der Waals surface area contributed by atoms with Crippen molar-refractivity contribution >= 4 is 11.8 Å². The Bertz CT molecular complexity index is 643. The van der Waals surface area contributed by atoms with E-state index < -0.39 is 23.3 Å². The smallest absolute Gasteiger partial charge is 0.410 e. The van der Waals surface area contributed by atoms with Gasteiger partial charge in [-0.3, -0.25) is 15.8 Å². The molecule has 22 heavy (non-hydrogen) atoms. The van der Waals surface area contributed by atoms with E-state index in [1.54, 1.807) is 11.1 Å². The Morgan fingerprint density at radius 3 is 2.27 bits per heavy atom. The maximum absolute atomic E-state index is 13.4. The number of nitrogens with one attached hydrogen (secondary N) is 2. The molecule has 1 heterocycles. The van der Waals surface area contributed by atoms with Crippen LogP contribution in [0.15, 0.2) is 36.2 Å². The average Bonchev–Trinajstić information content (AvgIpc) is 2.35. The van der Waals surface area contributed by atoms with Crippen molar-refractivity contribution in [3.05, 3.63) is 53.4 Å². The normalized spacial score (nSPS) is 14.9. The number of carboxylic acid groups (broad SMARTS) is 1. The molecule has 0 spiro atoms. The van der Waals surface area contributed by atoms with Crippen molar-refractivity contribution in [2.45, 2.75) is 26.3 Å². The third-order valence-electron chi connectivity index (χ3n) is 2.95. The van der Waals surface area contributed by atoms with E-state index >= 15 is 0 Å². The second-order valence-corrected chi connectivity index (χ2v) is 5.84. The van der Waals surface area contributed by atoms with Gasteiger partial charge in [-0.15, -0.1) is 0 Å². The van der Waals surface area contributed by atoms with Gasteiger partial charge in [0.05, 0.1) is 11.2 Å². The molecule has 1 amide bonds. The molecule has 0 bridgehead atoms. The monoisotopic (exact) mass is 309 g/mol. The fourth-order valence-electron chi connectivity index (χ4n) is 2.10. The van der Waals surface area contributed by atoms with Crippen molar-refractivity contribution in [1.82, 2.24) is 15.8 Å². The molecule has 5 nitrogen and oxygen atoms in total. The summed E-state index contributed by atoms with van der Waals surface area (Å²) >= 11 is 0. The molecule has 1 aliphatic heterocycles. The molecule has 2 rings (SSSR count). The van der Waals surface area contributed by atoms with Gasteiger partial charge in [-0.25, -0.2) is 13.6 Å². The summed E-state index contributed by atoms with van der Waals surface area (Å²) in [7, 11) is 0. The molecule has 0 unspecified atom stereocenters. The van der Waals surface area contributed by atoms with Crippen LogP contribution >= 0.6 is 0 Å². The molecule has 0 saturated carbocycles. The quantitative estimate of drug-likeness (QED) is 0.786. The van der Waals surface area contributed by atoms with Crippen LogP contribution in [0, 0.1) is 11.6 Å². The first-order valence-electron chi connectivity index (χ1n) is 6.62. The van der Waals surface area contributed by atoms with Crippen LogP contribution < -0.4 is 10.7 Å². The molecule has 0 atom stereocenters. The van der Waals surface area contributed by atoms with E-state index in [0.717, 1.165) is 6.07 Å². The number of amides is 1. The molecule has 0 aliphatic carbocycles. The van der Waals surface area contributed by atoms with Crippen molar-refractivity contribution in [1.29, 1.82) is 0 Å². The topological polar surface area (TPSA) is 64.6 Å². The van der Waals surface area contributed by atoms with Crippen molar-refractivity contribution in [3.8, 4) is 0 Å². The van der Waals surface area contributed by atoms with Gasteiger partial charge in [0.15, 0.2) is 0 Å². The first kappa shape index (κ1) is 15.8. The van der Waals surface area contributed by atoms with Gasteiger partial charge in [0.25, 0.3) is 0 Å². The third-order valence-corrected chi connectivity index (χ3v) is 2.95. The molecular formula is C15H17F2N3O2. The summed E-state index contributed by atoms with van der Waals surface area (Å²) in [5, 5.41) is 12.6. The number of allylic oxidation sites excluding steroid dienone is 2. The molecular weight excluding hydrogens is 292 g/mol. The number of hydrazine groups is 1. The van der Waals surface area contributed by atoms with E-state index in [1.807, 2.05) is 20.8 Å². The summed E-state index contributed by atoms with van der Waals surface area (Å²) in [6, 6.07) is 3.24. The lowest BCUT2D eigenvalue weighted by Gasteiger charge is -2.42. The molecule has 7 heteroatoms. The maximum Gasteiger partial charge on any atom is 0.410 e. The minimum Gasteiger partial charge on any atom is -0.465 e. The lowest BCUT2D eigenvalue weighted by molar-refractivity contribution is 0.157. The van der Waals surface area contributed by atoms with Crippen LogP contribution in [0.5, 0.6) is 0 Å². The SMILES string of the molecule is CC(C)(C)N1NC(NC(=O)O)=CC=C1c1cc(F)cc(F)c1. The maximum atomic E-state index is 13.4. The predicted molar refractivity (Wildman–Crippen MR) is 78.3 cm³/mol. The van der Waals surface area contributed by atoms with Gasteiger partial charge in [0, 0.05) is 11.6 Å². The van der Waals surface area contributed by atoms with Crippen molar-refractivity contribution in [2.24, 2.45) is 0 Å². The van der Waals surface area contributed by atoms with E-state index in [2.05, 4.69) is 10.7 Å². The molecule has 1 aromatic carbocycles. The van der Waals surface area contributed by atoms with E-state index in [4.69, 9.17) is 5.11 Å². The molecule has 118 valence electrons. The zero-order chi connectivity index (χ0) is 16.5. The Labute approximate surface area is 126 Å². The Hall–Kier alpha value is -2.57. The van der Waals surface area contributed by atoms with Gasteiger partial charge in [-0.1, -0.05) is 0 Å². The number of hydrogen-bond acceptors (Lipinski definition) is 3. The summed E-state index contributed by atoms with van der Waals surface area (Å²) < 4.78 is 26.9. The van der Waals surface area contributed by atoms with Gasteiger partial charge in [-0.2, -0.15) is 0 Å². The number of rotatable bonds is 2. The molecule has 0 radical (unpaired) electrons. The van der Waals surface area contributed by atoms with Gasteiger partial charge in [0.2, 0.25) is 0 Å². The minimum absolute atomic E-state index is 0.253. The average molecular weight is 309 g/mol. The summed E-state index contributed by atoms with van der Waals surface area (Å²) in [5.41, 5.74) is 3.32. The van der Waals surface area contributed by atoms with Crippen LogP contribution in [0.4, 0.5) is 13.6 Å². The molecule has 0 aromatic heterocycles. The van der Waals surface area contributed by atoms with Crippen LogP contribution in [0.3, 0.4) is 0 Å². The van der Waals surface area contributed by atoms with Crippen LogP contribution in [-0.2, 0) is 0 Å². The highest BCUT2D eigenvalue weighted by atomic mass is 19.1. The number of carbonyl (C=O) groups is 1. The lowest BCUT2D eigenvalue weighted by Crippen LogP contribution is -2.52. The largest absolute Gasteiger partial charge is 0.465 e. The zero-order valence-corrected chi connectivity index (χ0v) is 12.4. The molecule has 1 aliphatic rings. The van der Waals surface area contributed by atoms with E-state index in [-0.39, 0.29) is 5.82 Å².